The van der Waals surface area contributed by atoms with Crippen LogP contribution in [0.15, 0.2) is 24.3 Å². The zero-order chi connectivity index (χ0) is 14.4. The molecule has 6 heteroatoms. The van der Waals surface area contributed by atoms with Crippen molar-refractivity contribution >= 4 is 12.0 Å². The number of benzene rings is 1. The largest absolute Gasteiger partial charge is 0.480 e. The number of hydrogen-bond acceptors (Lipinski definition) is 2. The highest BCUT2D eigenvalue weighted by molar-refractivity contribution is 5.82. The van der Waals surface area contributed by atoms with E-state index in [1.807, 2.05) is 0 Å². The maximum atomic E-state index is 13.0. The van der Waals surface area contributed by atoms with Crippen molar-refractivity contribution in [2.75, 3.05) is 7.05 Å². The van der Waals surface area contributed by atoms with E-state index in [2.05, 4.69) is 5.32 Å². The molecule has 0 spiro atoms. The Labute approximate surface area is 111 Å². The van der Waals surface area contributed by atoms with E-state index in [9.17, 15) is 14.0 Å². The molecule has 0 heterocycles. The van der Waals surface area contributed by atoms with Gasteiger partial charge in [-0.15, -0.1) is 0 Å². The van der Waals surface area contributed by atoms with Crippen molar-refractivity contribution < 1.29 is 19.1 Å². The Balaban J connectivity index is 2.60. The maximum Gasteiger partial charge on any atom is 0.326 e. The maximum absolute atomic E-state index is 13.0. The molecule has 0 aliphatic rings. The second-order valence-corrected chi connectivity index (χ2v) is 4.23. The number of carbonyl (C=O) groups excluding carboxylic acids is 1. The van der Waals surface area contributed by atoms with Gasteiger partial charge in [0.05, 0.1) is 0 Å². The first-order chi connectivity index (χ1) is 8.93. The Morgan fingerprint density at radius 2 is 2.16 bits per heavy atom. The van der Waals surface area contributed by atoms with Crippen LogP contribution in [-0.4, -0.2) is 35.1 Å². The van der Waals surface area contributed by atoms with E-state index in [1.54, 1.807) is 19.1 Å². The van der Waals surface area contributed by atoms with Gasteiger partial charge in [0.1, 0.15) is 11.9 Å². The molecule has 0 aliphatic heterocycles. The first kappa shape index (κ1) is 14.9. The SMILES string of the molecule is CC[C@@H](NC(=O)N(C)Cc1cccc(F)c1)C(=O)O. The molecule has 0 unspecified atom stereocenters. The van der Waals surface area contributed by atoms with Gasteiger partial charge in [-0.05, 0) is 24.1 Å². The van der Waals surface area contributed by atoms with Crippen molar-refractivity contribution in [1.82, 2.24) is 10.2 Å². The van der Waals surface area contributed by atoms with E-state index in [1.165, 1.54) is 24.1 Å². The van der Waals surface area contributed by atoms with E-state index >= 15 is 0 Å². The number of rotatable bonds is 5. The third kappa shape index (κ3) is 4.57. The van der Waals surface area contributed by atoms with Crippen LogP contribution in [-0.2, 0) is 11.3 Å². The zero-order valence-electron chi connectivity index (χ0n) is 10.9. The normalized spacial score (nSPS) is 11.7. The summed E-state index contributed by atoms with van der Waals surface area (Å²) in [6.45, 7) is 1.88. The van der Waals surface area contributed by atoms with E-state index in [-0.39, 0.29) is 12.4 Å². The summed E-state index contributed by atoms with van der Waals surface area (Å²) in [7, 11) is 1.52. The average molecular weight is 268 g/mol. The van der Waals surface area contributed by atoms with Gasteiger partial charge in [-0.2, -0.15) is 0 Å². The lowest BCUT2D eigenvalue weighted by atomic mass is 10.2. The molecule has 0 bridgehead atoms. The first-order valence-electron chi connectivity index (χ1n) is 5.93. The van der Waals surface area contributed by atoms with Crippen molar-refractivity contribution in [3.8, 4) is 0 Å². The third-order valence-corrected chi connectivity index (χ3v) is 2.66. The quantitative estimate of drug-likeness (QED) is 0.856. The molecule has 0 aromatic heterocycles. The second-order valence-electron chi connectivity index (χ2n) is 4.23. The fraction of sp³-hybridized carbons (Fsp3) is 0.385. The van der Waals surface area contributed by atoms with Crippen molar-refractivity contribution in [3.63, 3.8) is 0 Å². The number of amides is 2. The van der Waals surface area contributed by atoms with Crippen LogP contribution in [0, 0.1) is 5.82 Å². The number of carbonyl (C=O) groups is 2. The first-order valence-corrected chi connectivity index (χ1v) is 5.93. The van der Waals surface area contributed by atoms with Crippen LogP contribution in [0.3, 0.4) is 0 Å². The highest BCUT2D eigenvalue weighted by Gasteiger charge is 2.19. The number of nitrogens with one attached hydrogen (secondary N) is 1. The van der Waals surface area contributed by atoms with Crippen molar-refractivity contribution in [1.29, 1.82) is 0 Å². The number of hydrogen-bond donors (Lipinski definition) is 2. The molecule has 1 aromatic carbocycles. The Morgan fingerprint density at radius 1 is 1.47 bits per heavy atom. The highest BCUT2D eigenvalue weighted by atomic mass is 19.1. The Kier molecular flexibility index (Phi) is 5.29. The number of aliphatic carboxylic acids is 1. The summed E-state index contributed by atoms with van der Waals surface area (Å²) >= 11 is 0. The van der Waals surface area contributed by atoms with Crippen molar-refractivity contribution in [2.45, 2.75) is 25.9 Å². The summed E-state index contributed by atoms with van der Waals surface area (Å²) in [6.07, 6.45) is 0.300. The summed E-state index contributed by atoms with van der Waals surface area (Å²) in [6, 6.07) is 4.49. The minimum Gasteiger partial charge on any atom is -0.480 e. The third-order valence-electron chi connectivity index (χ3n) is 2.66. The van der Waals surface area contributed by atoms with E-state index < -0.39 is 18.0 Å². The number of carboxylic acids is 1. The molecule has 1 rings (SSSR count). The molecule has 104 valence electrons. The van der Waals surface area contributed by atoms with Crippen LogP contribution >= 0.6 is 0 Å². The molecule has 2 amide bonds. The highest BCUT2D eigenvalue weighted by Crippen LogP contribution is 2.06. The standard InChI is InChI=1S/C13H17FN2O3/c1-3-11(12(17)18)15-13(19)16(2)8-9-5-4-6-10(14)7-9/h4-7,11H,3,8H2,1-2H3,(H,15,19)(H,17,18)/t11-/m1/s1. The van der Waals surface area contributed by atoms with Gasteiger partial charge in [-0.3, -0.25) is 0 Å². The van der Waals surface area contributed by atoms with Crippen LogP contribution in [0.1, 0.15) is 18.9 Å². The molecule has 1 aromatic rings. The van der Waals surface area contributed by atoms with Gasteiger partial charge < -0.3 is 15.3 Å². The van der Waals surface area contributed by atoms with E-state index in [0.29, 0.717) is 12.0 Å². The zero-order valence-corrected chi connectivity index (χ0v) is 10.9. The summed E-state index contributed by atoms with van der Waals surface area (Å²) in [5.41, 5.74) is 0.640. The van der Waals surface area contributed by atoms with E-state index in [0.717, 1.165) is 0 Å². The summed E-state index contributed by atoms with van der Waals surface area (Å²) in [5, 5.41) is 11.2. The van der Waals surface area contributed by atoms with Gasteiger partial charge in [-0.25, -0.2) is 14.0 Å². The second kappa shape index (κ2) is 6.72. The van der Waals surface area contributed by atoms with Crippen LogP contribution in [0.25, 0.3) is 0 Å². The van der Waals surface area contributed by atoms with Gasteiger partial charge in [0.25, 0.3) is 0 Å². The molecule has 0 saturated heterocycles. The molecule has 19 heavy (non-hydrogen) atoms. The molecule has 1 atom stereocenters. The molecule has 0 aliphatic carbocycles. The lowest BCUT2D eigenvalue weighted by molar-refractivity contribution is -0.139. The van der Waals surface area contributed by atoms with Crippen LogP contribution in [0.5, 0.6) is 0 Å². The fourth-order valence-corrected chi connectivity index (χ4v) is 1.58. The molecule has 0 fully saturated rings. The molecule has 0 saturated carbocycles. The Bertz CT molecular complexity index is 465. The predicted molar refractivity (Wildman–Crippen MR) is 68.1 cm³/mol. The van der Waals surface area contributed by atoms with Crippen molar-refractivity contribution in [3.05, 3.63) is 35.6 Å². The minimum absolute atomic E-state index is 0.208. The number of nitrogens with zero attached hydrogens (tertiary/aromatic N) is 1. The smallest absolute Gasteiger partial charge is 0.326 e. The topological polar surface area (TPSA) is 69.6 Å². The fourth-order valence-electron chi connectivity index (χ4n) is 1.58. The molecule has 0 radical (unpaired) electrons. The van der Waals surface area contributed by atoms with Gasteiger partial charge in [0.2, 0.25) is 0 Å². The number of halogens is 1. The van der Waals surface area contributed by atoms with Crippen molar-refractivity contribution in [2.24, 2.45) is 0 Å². The lowest BCUT2D eigenvalue weighted by Crippen LogP contribution is -2.46. The number of urea groups is 1. The van der Waals surface area contributed by atoms with Gasteiger partial charge >= 0.3 is 12.0 Å². The Morgan fingerprint density at radius 3 is 2.68 bits per heavy atom. The Hall–Kier alpha value is -2.11. The summed E-state index contributed by atoms with van der Waals surface area (Å²) < 4.78 is 13.0. The van der Waals surface area contributed by atoms with Gasteiger partial charge in [-0.1, -0.05) is 19.1 Å². The van der Waals surface area contributed by atoms with E-state index in [4.69, 9.17) is 5.11 Å². The minimum atomic E-state index is -1.07. The average Bonchev–Trinajstić information content (AvgIpc) is 2.35. The van der Waals surface area contributed by atoms with Crippen LogP contribution in [0.4, 0.5) is 9.18 Å². The molecule has 5 nitrogen and oxygen atoms in total. The molecule has 2 N–H and O–H groups in total. The monoisotopic (exact) mass is 268 g/mol. The number of carboxylic acid groups (broad SMARTS) is 1. The summed E-state index contributed by atoms with van der Waals surface area (Å²) in [5.74, 6) is -1.45. The molecular formula is C13H17FN2O3. The van der Waals surface area contributed by atoms with Gasteiger partial charge in [0.15, 0.2) is 0 Å². The van der Waals surface area contributed by atoms with Gasteiger partial charge in [0, 0.05) is 13.6 Å². The van der Waals surface area contributed by atoms with Crippen LogP contribution in [0.2, 0.25) is 0 Å². The van der Waals surface area contributed by atoms with Crippen LogP contribution < -0.4 is 5.32 Å². The lowest BCUT2D eigenvalue weighted by Gasteiger charge is -2.20. The predicted octanol–water partition coefficient (Wildman–Crippen LogP) is 1.83. The summed E-state index contributed by atoms with van der Waals surface area (Å²) in [4.78, 5) is 23.9. The molecular weight excluding hydrogens is 251 g/mol.